The van der Waals surface area contributed by atoms with Crippen LogP contribution < -0.4 is 10.2 Å². The van der Waals surface area contributed by atoms with Gasteiger partial charge in [0.15, 0.2) is 5.82 Å². The standard InChI is InChI=1S/C11H14N4O3/c1-6(2)18-11(17)15-7(3)10(16)14-8-4-12-5-13-9(8)15/h4-7H,1-3H3,(H,14,16). The second kappa shape index (κ2) is 4.59. The zero-order valence-corrected chi connectivity index (χ0v) is 10.4. The molecule has 1 unspecified atom stereocenters. The van der Waals surface area contributed by atoms with E-state index in [-0.39, 0.29) is 12.0 Å². The SMILES string of the molecule is CC(C)OC(=O)N1c2ncncc2NC(=O)C1C. The molecular weight excluding hydrogens is 236 g/mol. The van der Waals surface area contributed by atoms with Crippen LogP contribution in [0.15, 0.2) is 12.5 Å². The number of hydrogen-bond acceptors (Lipinski definition) is 5. The van der Waals surface area contributed by atoms with Crippen molar-refractivity contribution < 1.29 is 14.3 Å². The maximum absolute atomic E-state index is 12.0. The molecule has 1 aromatic rings. The number of rotatable bonds is 1. The molecule has 0 saturated carbocycles. The molecule has 0 aliphatic carbocycles. The molecule has 7 heteroatoms. The number of nitrogens with one attached hydrogen (secondary N) is 1. The molecule has 0 bridgehead atoms. The summed E-state index contributed by atoms with van der Waals surface area (Å²) in [6.07, 6.45) is 1.91. The number of nitrogens with zero attached hydrogens (tertiary/aromatic N) is 3. The van der Waals surface area contributed by atoms with E-state index in [0.29, 0.717) is 11.5 Å². The van der Waals surface area contributed by atoms with Crippen LogP contribution >= 0.6 is 0 Å². The largest absolute Gasteiger partial charge is 0.446 e. The van der Waals surface area contributed by atoms with Crippen LogP contribution in [-0.4, -0.2) is 34.1 Å². The Balaban J connectivity index is 2.38. The molecule has 7 nitrogen and oxygen atoms in total. The minimum atomic E-state index is -0.668. The van der Waals surface area contributed by atoms with Gasteiger partial charge in [0.1, 0.15) is 18.1 Å². The first-order chi connectivity index (χ1) is 8.50. The van der Waals surface area contributed by atoms with E-state index >= 15 is 0 Å². The van der Waals surface area contributed by atoms with Crippen LogP contribution in [-0.2, 0) is 9.53 Å². The van der Waals surface area contributed by atoms with Crippen LogP contribution in [0, 0.1) is 0 Å². The van der Waals surface area contributed by atoms with Crippen LogP contribution in [0.5, 0.6) is 0 Å². The van der Waals surface area contributed by atoms with Crippen molar-refractivity contribution >= 4 is 23.5 Å². The molecule has 1 atom stereocenters. The fourth-order valence-electron chi connectivity index (χ4n) is 1.64. The molecular formula is C11H14N4O3. The van der Waals surface area contributed by atoms with Gasteiger partial charge in [-0.25, -0.2) is 19.7 Å². The predicted molar refractivity (Wildman–Crippen MR) is 64.2 cm³/mol. The van der Waals surface area contributed by atoms with Crippen molar-refractivity contribution in [2.75, 3.05) is 10.2 Å². The van der Waals surface area contributed by atoms with E-state index in [1.54, 1.807) is 20.8 Å². The summed E-state index contributed by atoms with van der Waals surface area (Å²) < 4.78 is 5.11. The van der Waals surface area contributed by atoms with E-state index in [0.717, 1.165) is 0 Å². The summed E-state index contributed by atoms with van der Waals surface area (Å²) in [4.78, 5) is 32.8. The number of carbonyl (C=O) groups excluding carboxylic acids is 2. The molecule has 1 aromatic heterocycles. The Morgan fingerprint density at radius 1 is 1.56 bits per heavy atom. The van der Waals surface area contributed by atoms with Crippen molar-refractivity contribution in [2.24, 2.45) is 0 Å². The third kappa shape index (κ3) is 2.11. The second-order valence-corrected chi connectivity index (χ2v) is 4.23. The van der Waals surface area contributed by atoms with E-state index in [4.69, 9.17) is 4.74 Å². The summed E-state index contributed by atoms with van der Waals surface area (Å²) >= 11 is 0. The van der Waals surface area contributed by atoms with Crippen molar-refractivity contribution in [2.45, 2.75) is 32.9 Å². The number of carbonyl (C=O) groups is 2. The van der Waals surface area contributed by atoms with Gasteiger partial charge in [-0.1, -0.05) is 0 Å². The highest BCUT2D eigenvalue weighted by Gasteiger charge is 2.36. The second-order valence-electron chi connectivity index (χ2n) is 4.23. The lowest BCUT2D eigenvalue weighted by Gasteiger charge is -2.32. The third-order valence-corrected chi connectivity index (χ3v) is 2.48. The normalized spacial score (nSPS) is 18.3. The molecule has 1 aliphatic rings. The number of aromatic nitrogens is 2. The van der Waals surface area contributed by atoms with Crippen LogP contribution in [0.25, 0.3) is 0 Å². The number of hydrogen-bond donors (Lipinski definition) is 1. The van der Waals surface area contributed by atoms with Gasteiger partial charge in [-0.2, -0.15) is 0 Å². The van der Waals surface area contributed by atoms with Gasteiger partial charge in [-0.15, -0.1) is 0 Å². The van der Waals surface area contributed by atoms with Gasteiger partial charge in [0.25, 0.3) is 0 Å². The van der Waals surface area contributed by atoms with E-state index < -0.39 is 12.1 Å². The van der Waals surface area contributed by atoms with Gasteiger partial charge in [-0.3, -0.25) is 4.79 Å². The van der Waals surface area contributed by atoms with Crippen LogP contribution in [0.3, 0.4) is 0 Å². The van der Waals surface area contributed by atoms with Gasteiger partial charge in [0, 0.05) is 0 Å². The van der Waals surface area contributed by atoms with Gasteiger partial charge in [0.2, 0.25) is 5.91 Å². The highest BCUT2D eigenvalue weighted by atomic mass is 16.6. The molecule has 0 radical (unpaired) electrons. The van der Waals surface area contributed by atoms with Gasteiger partial charge in [-0.05, 0) is 20.8 Å². The molecule has 2 amide bonds. The summed E-state index contributed by atoms with van der Waals surface area (Å²) in [5, 5.41) is 2.63. The molecule has 1 aliphatic heterocycles. The number of amides is 2. The first-order valence-electron chi connectivity index (χ1n) is 5.61. The van der Waals surface area contributed by atoms with E-state index in [2.05, 4.69) is 15.3 Å². The summed E-state index contributed by atoms with van der Waals surface area (Å²) in [5.74, 6) is 0.0563. The molecule has 1 N–H and O–H groups in total. The Morgan fingerprint density at radius 3 is 2.94 bits per heavy atom. The van der Waals surface area contributed by atoms with Gasteiger partial charge < -0.3 is 10.1 Å². The Hall–Kier alpha value is -2.18. The predicted octanol–water partition coefficient (Wildman–Crippen LogP) is 1.17. The Kier molecular flexibility index (Phi) is 3.14. The minimum absolute atomic E-state index is 0.264. The lowest BCUT2D eigenvalue weighted by Crippen LogP contribution is -2.50. The summed E-state index contributed by atoms with van der Waals surface area (Å²) in [6, 6.07) is -0.668. The van der Waals surface area contributed by atoms with Crippen molar-refractivity contribution in [3.63, 3.8) is 0 Å². The average molecular weight is 250 g/mol. The Bertz CT molecular complexity index is 489. The summed E-state index contributed by atoms with van der Waals surface area (Å²) in [6.45, 7) is 5.10. The van der Waals surface area contributed by atoms with Gasteiger partial charge >= 0.3 is 6.09 Å². The summed E-state index contributed by atoms with van der Waals surface area (Å²) in [7, 11) is 0. The smallest absolute Gasteiger partial charge is 0.416 e. The number of anilines is 2. The lowest BCUT2D eigenvalue weighted by atomic mass is 10.2. The lowest BCUT2D eigenvalue weighted by molar-refractivity contribution is -0.117. The first kappa shape index (κ1) is 12.3. The molecule has 0 fully saturated rings. The van der Waals surface area contributed by atoms with Crippen LogP contribution in [0.1, 0.15) is 20.8 Å². The van der Waals surface area contributed by atoms with E-state index in [1.165, 1.54) is 17.4 Å². The zero-order chi connectivity index (χ0) is 13.3. The summed E-state index contributed by atoms with van der Waals surface area (Å²) in [5.41, 5.74) is 0.404. The van der Waals surface area contributed by atoms with Crippen molar-refractivity contribution in [3.8, 4) is 0 Å². The number of ether oxygens (including phenoxy) is 1. The van der Waals surface area contributed by atoms with Gasteiger partial charge in [0.05, 0.1) is 12.3 Å². The van der Waals surface area contributed by atoms with Crippen molar-refractivity contribution in [1.82, 2.24) is 9.97 Å². The highest BCUT2D eigenvalue weighted by molar-refractivity contribution is 6.09. The molecule has 2 heterocycles. The quantitative estimate of drug-likeness (QED) is 0.808. The minimum Gasteiger partial charge on any atom is -0.446 e. The molecule has 18 heavy (non-hydrogen) atoms. The Morgan fingerprint density at radius 2 is 2.28 bits per heavy atom. The molecule has 0 spiro atoms. The highest BCUT2D eigenvalue weighted by Crippen LogP contribution is 2.29. The van der Waals surface area contributed by atoms with E-state index in [1.807, 2.05) is 0 Å². The third-order valence-electron chi connectivity index (χ3n) is 2.48. The first-order valence-corrected chi connectivity index (χ1v) is 5.61. The molecule has 2 rings (SSSR count). The molecule has 96 valence electrons. The Labute approximate surface area is 104 Å². The fourth-order valence-corrected chi connectivity index (χ4v) is 1.64. The molecule has 0 saturated heterocycles. The maximum atomic E-state index is 12.0. The topological polar surface area (TPSA) is 84.4 Å². The average Bonchev–Trinajstić information content (AvgIpc) is 2.29. The molecule has 0 aromatic carbocycles. The van der Waals surface area contributed by atoms with E-state index in [9.17, 15) is 9.59 Å². The maximum Gasteiger partial charge on any atom is 0.416 e. The number of fused-ring (bicyclic) bond motifs is 1. The van der Waals surface area contributed by atoms with Crippen molar-refractivity contribution in [3.05, 3.63) is 12.5 Å². The fraction of sp³-hybridized carbons (Fsp3) is 0.455. The van der Waals surface area contributed by atoms with Crippen LogP contribution in [0.2, 0.25) is 0 Å². The van der Waals surface area contributed by atoms with Crippen molar-refractivity contribution in [1.29, 1.82) is 0 Å². The monoisotopic (exact) mass is 250 g/mol. The zero-order valence-electron chi connectivity index (χ0n) is 10.4. The van der Waals surface area contributed by atoms with Crippen LogP contribution in [0.4, 0.5) is 16.3 Å².